The number of rotatable bonds is 3. The van der Waals surface area contributed by atoms with Crippen LogP contribution in [0, 0.1) is 0 Å². The Hall–Kier alpha value is -1.34. The molecule has 1 amide bonds. The summed E-state index contributed by atoms with van der Waals surface area (Å²) in [5.74, 6) is -7.66. The lowest BCUT2D eigenvalue weighted by molar-refractivity contribution is -0.187. The monoisotopic (exact) mass is 271 g/mol. The van der Waals surface area contributed by atoms with Gasteiger partial charge in [-0.2, -0.15) is 8.78 Å². The topological polar surface area (TPSA) is 46.6 Å². The summed E-state index contributed by atoms with van der Waals surface area (Å²) in [4.78, 5) is 23.2. The fourth-order valence-electron chi connectivity index (χ4n) is 1.84. The second-order valence-corrected chi connectivity index (χ2v) is 3.96. The first-order valence-electron chi connectivity index (χ1n) is 5.37. The number of alkyl halides is 4. The highest BCUT2D eigenvalue weighted by Gasteiger charge is 2.53. The van der Waals surface area contributed by atoms with Gasteiger partial charge in [0, 0.05) is 6.54 Å². The van der Waals surface area contributed by atoms with Gasteiger partial charge in [0.2, 0.25) is 0 Å². The van der Waals surface area contributed by atoms with E-state index >= 15 is 0 Å². The average molecular weight is 271 g/mol. The van der Waals surface area contributed by atoms with Gasteiger partial charge in [0.1, 0.15) is 6.04 Å². The van der Waals surface area contributed by atoms with Gasteiger partial charge in [-0.1, -0.05) is 0 Å². The minimum absolute atomic E-state index is 0.137. The van der Waals surface area contributed by atoms with Crippen molar-refractivity contribution in [2.45, 2.75) is 37.7 Å². The van der Waals surface area contributed by atoms with Crippen molar-refractivity contribution in [2.75, 3.05) is 13.7 Å². The van der Waals surface area contributed by atoms with Gasteiger partial charge in [-0.25, -0.2) is 13.6 Å². The third kappa shape index (κ3) is 2.73. The van der Waals surface area contributed by atoms with Crippen LogP contribution in [-0.2, 0) is 14.3 Å². The zero-order valence-electron chi connectivity index (χ0n) is 9.67. The molecule has 8 heteroatoms. The van der Waals surface area contributed by atoms with Crippen LogP contribution in [0.4, 0.5) is 17.6 Å². The molecule has 0 unspecified atom stereocenters. The van der Waals surface area contributed by atoms with Gasteiger partial charge < -0.3 is 9.64 Å². The molecule has 0 aromatic heterocycles. The van der Waals surface area contributed by atoms with E-state index in [1.807, 2.05) is 0 Å². The van der Waals surface area contributed by atoms with Crippen molar-refractivity contribution >= 4 is 11.9 Å². The SMILES string of the molecule is COC(=O)[C@H]1CCCCN1C(=O)C(F)(F)C(F)F. The summed E-state index contributed by atoms with van der Waals surface area (Å²) in [6, 6.07) is -1.21. The molecule has 1 rings (SSSR count). The van der Waals surface area contributed by atoms with Crippen LogP contribution in [0.15, 0.2) is 0 Å². The second-order valence-electron chi connectivity index (χ2n) is 3.96. The van der Waals surface area contributed by atoms with E-state index in [1.54, 1.807) is 0 Å². The van der Waals surface area contributed by atoms with E-state index < -0.39 is 30.3 Å². The molecule has 1 fully saturated rings. The number of methoxy groups -OCH3 is 1. The quantitative estimate of drug-likeness (QED) is 0.576. The molecule has 1 aliphatic rings. The Morgan fingerprint density at radius 1 is 1.33 bits per heavy atom. The molecular weight excluding hydrogens is 258 g/mol. The Bertz CT molecular complexity index is 335. The molecular formula is C10H13F4NO3. The maximum absolute atomic E-state index is 13.0. The van der Waals surface area contributed by atoms with Crippen LogP contribution >= 0.6 is 0 Å². The number of amides is 1. The molecule has 1 aliphatic heterocycles. The van der Waals surface area contributed by atoms with Crippen LogP contribution in [0.25, 0.3) is 0 Å². The number of ether oxygens (including phenoxy) is 1. The lowest BCUT2D eigenvalue weighted by atomic mass is 10.0. The number of hydrogen-bond donors (Lipinski definition) is 0. The third-order valence-electron chi connectivity index (χ3n) is 2.80. The smallest absolute Gasteiger partial charge is 0.383 e. The van der Waals surface area contributed by atoms with E-state index in [0.717, 1.165) is 7.11 Å². The molecule has 0 aromatic carbocycles. The van der Waals surface area contributed by atoms with Crippen molar-refractivity contribution in [1.82, 2.24) is 4.90 Å². The maximum atomic E-state index is 13.0. The van der Waals surface area contributed by atoms with Crippen LogP contribution in [0.2, 0.25) is 0 Å². The van der Waals surface area contributed by atoms with Gasteiger partial charge in [0.25, 0.3) is 5.91 Å². The van der Waals surface area contributed by atoms with E-state index in [4.69, 9.17) is 0 Å². The number of carbonyl (C=O) groups is 2. The Morgan fingerprint density at radius 3 is 2.44 bits per heavy atom. The van der Waals surface area contributed by atoms with Crippen molar-refractivity contribution in [2.24, 2.45) is 0 Å². The third-order valence-corrected chi connectivity index (χ3v) is 2.80. The normalized spacial score (nSPS) is 21.0. The lowest BCUT2D eigenvalue weighted by Crippen LogP contribution is -2.55. The average Bonchev–Trinajstić information content (AvgIpc) is 2.36. The first-order valence-corrected chi connectivity index (χ1v) is 5.37. The number of esters is 1. The molecule has 4 nitrogen and oxygen atoms in total. The number of likely N-dealkylation sites (tertiary alicyclic amines) is 1. The Morgan fingerprint density at radius 2 is 1.94 bits per heavy atom. The molecule has 0 aromatic rings. The van der Waals surface area contributed by atoms with Crippen LogP contribution in [-0.4, -0.2) is 48.8 Å². The first kappa shape index (κ1) is 14.7. The van der Waals surface area contributed by atoms with E-state index in [9.17, 15) is 27.2 Å². The highest BCUT2D eigenvalue weighted by molar-refractivity contribution is 5.89. The van der Waals surface area contributed by atoms with Crippen LogP contribution < -0.4 is 0 Å². The Kier molecular flexibility index (Phi) is 4.53. The van der Waals surface area contributed by atoms with Gasteiger partial charge in [-0.15, -0.1) is 0 Å². The van der Waals surface area contributed by atoms with Crippen molar-refractivity contribution in [1.29, 1.82) is 0 Å². The number of halogens is 4. The van der Waals surface area contributed by atoms with E-state index in [0.29, 0.717) is 17.7 Å². The van der Waals surface area contributed by atoms with E-state index in [1.165, 1.54) is 0 Å². The first-order chi connectivity index (χ1) is 8.32. The van der Waals surface area contributed by atoms with Crippen molar-refractivity contribution in [3.8, 4) is 0 Å². The minimum atomic E-state index is -4.77. The summed E-state index contributed by atoms with van der Waals surface area (Å²) in [6.07, 6.45) is -3.02. The van der Waals surface area contributed by atoms with Gasteiger partial charge in [-0.3, -0.25) is 4.79 Å². The van der Waals surface area contributed by atoms with Crippen molar-refractivity contribution in [3.05, 3.63) is 0 Å². The predicted molar refractivity (Wildman–Crippen MR) is 52.3 cm³/mol. The molecule has 0 spiro atoms. The highest BCUT2D eigenvalue weighted by atomic mass is 19.3. The van der Waals surface area contributed by atoms with Crippen LogP contribution in [0.3, 0.4) is 0 Å². The maximum Gasteiger partial charge on any atom is 0.383 e. The minimum Gasteiger partial charge on any atom is -0.467 e. The zero-order chi connectivity index (χ0) is 13.9. The molecule has 18 heavy (non-hydrogen) atoms. The van der Waals surface area contributed by atoms with Gasteiger partial charge in [0.05, 0.1) is 7.11 Å². The van der Waals surface area contributed by atoms with Crippen LogP contribution in [0.5, 0.6) is 0 Å². The zero-order valence-corrected chi connectivity index (χ0v) is 9.67. The molecule has 0 N–H and O–H groups in total. The summed E-state index contributed by atoms with van der Waals surface area (Å²) < 4.78 is 54.6. The molecule has 104 valence electrons. The number of carbonyl (C=O) groups excluding carboxylic acids is 2. The molecule has 1 saturated heterocycles. The summed E-state index contributed by atoms with van der Waals surface area (Å²) in [6.45, 7) is -0.152. The number of hydrogen-bond acceptors (Lipinski definition) is 3. The Labute approximate surface area is 101 Å². The lowest BCUT2D eigenvalue weighted by Gasteiger charge is -2.35. The summed E-state index contributed by atoms with van der Waals surface area (Å²) in [5, 5.41) is 0. The molecule has 1 atom stereocenters. The fraction of sp³-hybridized carbons (Fsp3) is 0.800. The summed E-state index contributed by atoms with van der Waals surface area (Å²) >= 11 is 0. The number of nitrogens with zero attached hydrogens (tertiary/aromatic N) is 1. The predicted octanol–water partition coefficient (Wildman–Crippen LogP) is 1.44. The van der Waals surface area contributed by atoms with Crippen LogP contribution in [0.1, 0.15) is 19.3 Å². The number of piperidine rings is 1. The fourth-order valence-corrected chi connectivity index (χ4v) is 1.84. The van der Waals surface area contributed by atoms with Gasteiger partial charge in [0.15, 0.2) is 0 Å². The largest absolute Gasteiger partial charge is 0.467 e. The van der Waals surface area contributed by atoms with Gasteiger partial charge >= 0.3 is 18.3 Å². The Balaban J connectivity index is 2.90. The molecule has 0 aliphatic carbocycles. The molecule has 0 saturated carbocycles. The molecule has 1 heterocycles. The van der Waals surface area contributed by atoms with E-state index in [2.05, 4.69) is 4.74 Å². The molecule has 0 radical (unpaired) electrons. The summed E-state index contributed by atoms with van der Waals surface area (Å²) in [7, 11) is 1.05. The summed E-state index contributed by atoms with van der Waals surface area (Å²) in [5.41, 5.74) is 0. The van der Waals surface area contributed by atoms with Crippen molar-refractivity contribution in [3.63, 3.8) is 0 Å². The highest BCUT2D eigenvalue weighted by Crippen LogP contribution is 2.29. The van der Waals surface area contributed by atoms with Gasteiger partial charge in [-0.05, 0) is 19.3 Å². The standard InChI is InChI=1S/C10H13F4NO3/c1-18-7(16)6-4-2-3-5-15(6)9(17)10(13,14)8(11)12/h6,8H,2-5H2,1H3/t6-/m1/s1. The molecule has 0 bridgehead atoms. The van der Waals surface area contributed by atoms with E-state index in [-0.39, 0.29) is 13.0 Å². The second kappa shape index (κ2) is 5.53. The van der Waals surface area contributed by atoms with Crippen molar-refractivity contribution < 1.29 is 31.9 Å².